The van der Waals surface area contributed by atoms with E-state index in [0.717, 1.165) is 34.0 Å². The van der Waals surface area contributed by atoms with Crippen LogP contribution in [0.2, 0.25) is 0 Å². The van der Waals surface area contributed by atoms with Gasteiger partial charge in [0.15, 0.2) is 0 Å². The molecule has 0 radical (unpaired) electrons. The van der Waals surface area contributed by atoms with E-state index < -0.39 is 0 Å². The molecule has 0 aliphatic rings. The van der Waals surface area contributed by atoms with Crippen LogP contribution in [0.15, 0.2) is 12.3 Å². The first-order chi connectivity index (χ1) is 9.45. The quantitative estimate of drug-likeness (QED) is 0.893. The van der Waals surface area contributed by atoms with E-state index in [2.05, 4.69) is 20.3 Å². The summed E-state index contributed by atoms with van der Waals surface area (Å²) in [7, 11) is 0. The maximum atomic E-state index is 11.9. The zero-order valence-electron chi connectivity index (χ0n) is 12.4. The van der Waals surface area contributed by atoms with Crippen LogP contribution in [-0.2, 0) is 17.8 Å². The van der Waals surface area contributed by atoms with Crippen molar-refractivity contribution in [2.75, 3.05) is 0 Å². The van der Waals surface area contributed by atoms with E-state index in [9.17, 15) is 4.79 Å². The van der Waals surface area contributed by atoms with Gasteiger partial charge in [-0.05, 0) is 39.3 Å². The van der Waals surface area contributed by atoms with Crippen molar-refractivity contribution in [1.29, 1.82) is 0 Å². The van der Waals surface area contributed by atoms with E-state index in [4.69, 9.17) is 0 Å². The highest BCUT2D eigenvalue weighted by Gasteiger charge is 2.09. The van der Waals surface area contributed by atoms with Crippen molar-refractivity contribution in [3.63, 3.8) is 0 Å². The minimum atomic E-state index is 0.00313. The van der Waals surface area contributed by atoms with Gasteiger partial charge in [0.05, 0.1) is 6.42 Å². The Bertz CT molecular complexity index is 608. The van der Waals surface area contributed by atoms with E-state index in [1.54, 1.807) is 0 Å². The molecule has 0 fully saturated rings. The molecule has 0 spiro atoms. The molecule has 0 aromatic carbocycles. The molecule has 5 heteroatoms. The SMILES string of the molecule is Cc1nc(C)c(CNC(=O)Cc2c[nH]c(C)c2)c(C)n1. The standard InChI is InChI=1S/C15H20N4O/c1-9-5-13(7-16-9)6-15(20)17-8-14-10(2)18-12(4)19-11(14)3/h5,7,16H,6,8H2,1-4H3,(H,17,20). The Hall–Kier alpha value is -2.17. The fourth-order valence-corrected chi connectivity index (χ4v) is 2.27. The van der Waals surface area contributed by atoms with Gasteiger partial charge >= 0.3 is 0 Å². The molecule has 5 nitrogen and oxygen atoms in total. The molecule has 0 aliphatic carbocycles. The van der Waals surface area contributed by atoms with Gasteiger partial charge in [0, 0.05) is 35.4 Å². The van der Waals surface area contributed by atoms with Crippen molar-refractivity contribution < 1.29 is 4.79 Å². The third kappa shape index (κ3) is 3.44. The summed E-state index contributed by atoms with van der Waals surface area (Å²) >= 11 is 0. The Morgan fingerprint density at radius 1 is 1.20 bits per heavy atom. The van der Waals surface area contributed by atoms with Gasteiger partial charge in [0.2, 0.25) is 5.91 Å². The Kier molecular flexibility index (Phi) is 4.17. The number of aryl methyl sites for hydroxylation is 4. The molecule has 0 atom stereocenters. The molecule has 2 aromatic heterocycles. The van der Waals surface area contributed by atoms with Crippen molar-refractivity contribution in [3.05, 3.63) is 46.3 Å². The fraction of sp³-hybridized carbons (Fsp3) is 0.400. The lowest BCUT2D eigenvalue weighted by molar-refractivity contribution is -0.120. The molecule has 20 heavy (non-hydrogen) atoms. The fourth-order valence-electron chi connectivity index (χ4n) is 2.27. The topological polar surface area (TPSA) is 70.7 Å². The smallest absolute Gasteiger partial charge is 0.224 e. The zero-order chi connectivity index (χ0) is 14.7. The zero-order valence-corrected chi connectivity index (χ0v) is 12.4. The molecule has 1 amide bonds. The monoisotopic (exact) mass is 272 g/mol. The minimum absolute atomic E-state index is 0.00313. The third-order valence-electron chi connectivity index (χ3n) is 3.25. The van der Waals surface area contributed by atoms with Crippen LogP contribution in [0.25, 0.3) is 0 Å². The lowest BCUT2D eigenvalue weighted by Crippen LogP contribution is -2.25. The number of nitrogens with one attached hydrogen (secondary N) is 2. The number of aromatic nitrogens is 3. The Labute approximate surface area is 118 Å². The summed E-state index contributed by atoms with van der Waals surface area (Å²) in [4.78, 5) is 23.7. The van der Waals surface area contributed by atoms with Crippen molar-refractivity contribution in [2.24, 2.45) is 0 Å². The van der Waals surface area contributed by atoms with Crippen LogP contribution in [0.3, 0.4) is 0 Å². The van der Waals surface area contributed by atoms with E-state index >= 15 is 0 Å². The van der Waals surface area contributed by atoms with E-state index in [1.807, 2.05) is 40.0 Å². The van der Waals surface area contributed by atoms with E-state index in [-0.39, 0.29) is 5.91 Å². The lowest BCUT2D eigenvalue weighted by Gasteiger charge is -2.10. The number of H-pyrrole nitrogens is 1. The second kappa shape index (κ2) is 5.86. The van der Waals surface area contributed by atoms with Gasteiger partial charge in [0.25, 0.3) is 0 Å². The van der Waals surface area contributed by atoms with Crippen LogP contribution in [0.5, 0.6) is 0 Å². The van der Waals surface area contributed by atoms with Gasteiger partial charge < -0.3 is 10.3 Å². The maximum absolute atomic E-state index is 11.9. The predicted molar refractivity (Wildman–Crippen MR) is 77.3 cm³/mol. The molecule has 2 aromatic rings. The number of hydrogen-bond donors (Lipinski definition) is 2. The first kappa shape index (κ1) is 14.2. The van der Waals surface area contributed by atoms with Crippen LogP contribution < -0.4 is 5.32 Å². The van der Waals surface area contributed by atoms with Crippen molar-refractivity contribution in [2.45, 2.75) is 40.7 Å². The maximum Gasteiger partial charge on any atom is 0.224 e. The number of aromatic amines is 1. The molecule has 2 N–H and O–H groups in total. The number of nitrogens with zero attached hydrogens (tertiary/aromatic N) is 2. The first-order valence-corrected chi connectivity index (χ1v) is 6.67. The van der Waals surface area contributed by atoms with E-state index in [0.29, 0.717) is 13.0 Å². The molecule has 2 rings (SSSR count). The molecule has 0 saturated heterocycles. The van der Waals surface area contributed by atoms with Crippen LogP contribution >= 0.6 is 0 Å². The van der Waals surface area contributed by atoms with Gasteiger partial charge in [-0.2, -0.15) is 0 Å². The lowest BCUT2D eigenvalue weighted by atomic mass is 10.1. The molecular formula is C15H20N4O. The first-order valence-electron chi connectivity index (χ1n) is 6.67. The van der Waals surface area contributed by atoms with Gasteiger partial charge in [-0.3, -0.25) is 4.79 Å². The van der Waals surface area contributed by atoms with E-state index in [1.165, 1.54) is 0 Å². The van der Waals surface area contributed by atoms with Crippen molar-refractivity contribution >= 4 is 5.91 Å². The molecule has 106 valence electrons. The van der Waals surface area contributed by atoms with Gasteiger partial charge in [-0.1, -0.05) is 0 Å². The summed E-state index contributed by atoms with van der Waals surface area (Å²) in [6, 6.07) is 1.98. The van der Waals surface area contributed by atoms with Gasteiger partial charge in [-0.15, -0.1) is 0 Å². The number of amides is 1. The molecular weight excluding hydrogens is 252 g/mol. The second-order valence-corrected chi connectivity index (χ2v) is 5.06. The summed E-state index contributed by atoms with van der Waals surface area (Å²) in [5, 5.41) is 2.92. The molecule has 0 unspecified atom stereocenters. The van der Waals surface area contributed by atoms with Gasteiger partial charge in [-0.25, -0.2) is 9.97 Å². The number of rotatable bonds is 4. The van der Waals surface area contributed by atoms with Crippen LogP contribution in [-0.4, -0.2) is 20.9 Å². The van der Waals surface area contributed by atoms with Crippen LogP contribution in [0.4, 0.5) is 0 Å². The largest absolute Gasteiger partial charge is 0.365 e. The molecule has 0 aliphatic heterocycles. The Morgan fingerprint density at radius 3 is 2.40 bits per heavy atom. The number of hydrogen-bond acceptors (Lipinski definition) is 3. The van der Waals surface area contributed by atoms with Gasteiger partial charge in [0.1, 0.15) is 5.82 Å². The summed E-state index contributed by atoms with van der Waals surface area (Å²) < 4.78 is 0. The molecule has 0 saturated carbocycles. The number of carbonyl (C=O) groups excluding carboxylic acids is 1. The average Bonchev–Trinajstić information content (AvgIpc) is 2.73. The molecule has 2 heterocycles. The summed E-state index contributed by atoms with van der Waals surface area (Å²) in [6.07, 6.45) is 2.25. The second-order valence-electron chi connectivity index (χ2n) is 5.06. The van der Waals surface area contributed by atoms with Crippen LogP contribution in [0, 0.1) is 27.7 Å². The highest BCUT2D eigenvalue weighted by atomic mass is 16.1. The normalized spacial score (nSPS) is 10.6. The predicted octanol–water partition coefficient (Wildman–Crippen LogP) is 1.90. The number of carbonyl (C=O) groups is 1. The summed E-state index contributed by atoms with van der Waals surface area (Å²) in [5.41, 5.74) is 4.90. The molecule has 0 bridgehead atoms. The summed E-state index contributed by atoms with van der Waals surface area (Å²) in [5.74, 6) is 0.765. The minimum Gasteiger partial charge on any atom is -0.365 e. The summed E-state index contributed by atoms with van der Waals surface area (Å²) in [6.45, 7) is 8.20. The third-order valence-corrected chi connectivity index (χ3v) is 3.25. The Morgan fingerprint density at radius 2 is 1.85 bits per heavy atom. The average molecular weight is 272 g/mol. The highest BCUT2D eigenvalue weighted by Crippen LogP contribution is 2.10. The highest BCUT2D eigenvalue weighted by molar-refractivity contribution is 5.78. The van der Waals surface area contributed by atoms with Crippen LogP contribution in [0.1, 0.15) is 34.0 Å². The Balaban J connectivity index is 1.97. The van der Waals surface area contributed by atoms with Crippen molar-refractivity contribution in [1.82, 2.24) is 20.3 Å². The van der Waals surface area contributed by atoms with Crippen molar-refractivity contribution in [3.8, 4) is 0 Å².